The summed E-state index contributed by atoms with van der Waals surface area (Å²) in [6.45, 7) is 6.26. The highest BCUT2D eigenvalue weighted by molar-refractivity contribution is 6.02. The average molecular weight is 203 g/mol. The van der Waals surface area contributed by atoms with E-state index in [4.69, 9.17) is 0 Å². The predicted octanol–water partition coefficient (Wildman–Crippen LogP) is -3.00. The van der Waals surface area contributed by atoms with Gasteiger partial charge in [-0.3, -0.25) is 4.79 Å². The zero-order chi connectivity index (χ0) is 9.35. The third-order valence-electron chi connectivity index (χ3n) is 1.89. The molecule has 0 aromatic rings. The van der Waals surface area contributed by atoms with E-state index >= 15 is 0 Å². The number of rotatable bonds is 1. The number of halogens is 1. The molecular weight excluding hydrogens is 188 g/mol. The molecule has 0 saturated heterocycles. The van der Waals surface area contributed by atoms with Crippen LogP contribution in [0.15, 0.2) is 16.9 Å². The average Bonchev–Trinajstić information content (AvgIpc) is 2.29. The van der Waals surface area contributed by atoms with Crippen molar-refractivity contribution in [3.8, 4) is 0 Å². The third-order valence-corrected chi connectivity index (χ3v) is 1.89. The van der Waals surface area contributed by atoms with Gasteiger partial charge in [0, 0.05) is 11.5 Å². The van der Waals surface area contributed by atoms with Gasteiger partial charge < -0.3 is 12.4 Å². The van der Waals surface area contributed by atoms with E-state index < -0.39 is 0 Å². The van der Waals surface area contributed by atoms with Gasteiger partial charge in [-0.25, -0.2) is 0 Å². The number of carbonyl (C=O) groups is 1. The minimum Gasteiger partial charge on any atom is -1.00 e. The van der Waals surface area contributed by atoms with Gasteiger partial charge in [0.1, 0.15) is 5.71 Å². The summed E-state index contributed by atoms with van der Waals surface area (Å²) < 4.78 is 0. The van der Waals surface area contributed by atoms with Crippen LogP contribution < -0.4 is 17.4 Å². The molecule has 1 heterocycles. The van der Waals surface area contributed by atoms with Crippen molar-refractivity contribution < 1.29 is 22.2 Å². The first kappa shape index (κ1) is 12.3. The fraction of sp³-hybridized carbons (Fsp3) is 0.556. The smallest absolute Gasteiger partial charge is 0.205 e. The fourth-order valence-corrected chi connectivity index (χ4v) is 1.03. The van der Waals surface area contributed by atoms with Crippen molar-refractivity contribution in [3.63, 3.8) is 0 Å². The number of hydrogen-bond donors (Lipinski definition) is 1. The van der Waals surface area contributed by atoms with E-state index in [0.29, 0.717) is 5.70 Å². The molecule has 0 saturated carbocycles. The number of hydrogen-bond acceptors (Lipinski definition) is 2. The number of nitrogens with zero attached hydrogens (tertiary/aromatic N) is 1. The Balaban J connectivity index is 0.00000144. The topological polar surface area (TPSA) is 33.9 Å². The number of likely N-dealkylation sites (N-methyl/N-ethyl adjacent to an activating group) is 1. The Labute approximate surface area is 84.9 Å². The van der Waals surface area contributed by atoms with Gasteiger partial charge in [0.2, 0.25) is 6.29 Å². The second-order valence-corrected chi connectivity index (χ2v) is 4.05. The molecule has 74 valence electrons. The molecule has 1 aliphatic rings. The highest BCUT2D eigenvalue weighted by atomic mass is 35.5. The Hall–Kier alpha value is -0.670. The van der Waals surface area contributed by atoms with Gasteiger partial charge in [0.25, 0.3) is 0 Å². The first-order valence-corrected chi connectivity index (χ1v) is 4.05. The highest BCUT2D eigenvalue weighted by Crippen LogP contribution is 2.18. The van der Waals surface area contributed by atoms with Crippen molar-refractivity contribution in [1.82, 2.24) is 0 Å². The number of quaternary nitrogens is 1. The zero-order valence-electron chi connectivity index (χ0n) is 8.39. The zero-order valence-corrected chi connectivity index (χ0v) is 9.14. The van der Waals surface area contributed by atoms with Crippen LogP contribution in [0.5, 0.6) is 0 Å². The standard InChI is InChI=1S/C9H14N2O.ClH/c1-9(2,3)8-5-7(6-12)11(4)10-8;/h5-6H,1-4H3;1H. The van der Waals surface area contributed by atoms with Crippen molar-refractivity contribution in [2.45, 2.75) is 20.8 Å². The predicted molar refractivity (Wildman–Crippen MR) is 47.9 cm³/mol. The van der Waals surface area contributed by atoms with Gasteiger partial charge in [0.05, 0.1) is 7.05 Å². The monoisotopic (exact) mass is 202 g/mol. The summed E-state index contributed by atoms with van der Waals surface area (Å²) in [5.41, 5.74) is 1.73. The molecule has 0 fully saturated rings. The summed E-state index contributed by atoms with van der Waals surface area (Å²) in [4.78, 5) is 10.5. The molecule has 0 aromatic heterocycles. The van der Waals surface area contributed by atoms with Crippen LogP contribution in [0.1, 0.15) is 20.8 Å². The van der Waals surface area contributed by atoms with Crippen molar-refractivity contribution in [2.75, 3.05) is 7.05 Å². The van der Waals surface area contributed by atoms with Crippen molar-refractivity contribution in [1.29, 1.82) is 0 Å². The lowest BCUT2D eigenvalue weighted by atomic mass is 9.90. The molecule has 4 heteroatoms. The number of nitrogens with one attached hydrogen (secondary N) is 1. The lowest BCUT2D eigenvalue weighted by Gasteiger charge is -2.13. The van der Waals surface area contributed by atoms with Crippen LogP contribution in [-0.4, -0.2) is 19.0 Å². The van der Waals surface area contributed by atoms with Crippen LogP contribution in [0, 0.1) is 5.41 Å². The van der Waals surface area contributed by atoms with Crippen LogP contribution in [0.25, 0.3) is 0 Å². The molecule has 13 heavy (non-hydrogen) atoms. The van der Waals surface area contributed by atoms with Crippen molar-refractivity contribution >= 4 is 12.0 Å². The van der Waals surface area contributed by atoms with Crippen LogP contribution in [0.2, 0.25) is 0 Å². The molecule has 0 radical (unpaired) electrons. The van der Waals surface area contributed by atoms with Crippen LogP contribution in [0.3, 0.4) is 0 Å². The summed E-state index contributed by atoms with van der Waals surface area (Å²) in [7, 11) is 1.86. The van der Waals surface area contributed by atoms with Gasteiger partial charge in [-0.1, -0.05) is 25.9 Å². The largest absolute Gasteiger partial charge is 1.00 e. The van der Waals surface area contributed by atoms with Gasteiger partial charge in [-0.2, -0.15) is 5.01 Å². The maximum absolute atomic E-state index is 10.5. The quantitative estimate of drug-likeness (QED) is 0.452. The molecule has 1 N–H and O–H groups in total. The first-order chi connectivity index (χ1) is 5.45. The Bertz CT molecular complexity index is 263. The molecule has 1 unspecified atom stereocenters. The molecule has 0 bridgehead atoms. The molecule has 3 nitrogen and oxygen atoms in total. The Morgan fingerprint density at radius 2 is 2.00 bits per heavy atom. The molecule has 0 amide bonds. The maximum Gasteiger partial charge on any atom is 0.205 e. The normalized spacial score (nSPS) is 21.7. The second kappa shape index (κ2) is 4.03. The van der Waals surface area contributed by atoms with Gasteiger partial charge >= 0.3 is 0 Å². The Kier molecular flexibility index (Phi) is 3.82. The Morgan fingerprint density at radius 1 is 1.46 bits per heavy atom. The molecule has 0 aromatic carbocycles. The van der Waals surface area contributed by atoms with E-state index in [-0.39, 0.29) is 17.8 Å². The summed E-state index contributed by atoms with van der Waals surface area (Å²) in [5, 5.41) is 5.15. The van der Waals surface area contributed by atoms with Crippen molar-refractivity contribution in [2.24, 2.45) is 10.5 Å². The van der Waals surface area contributed by atoms with E-state index in [1.54, 1.807) is 0 Å². The number of aldehydes is 1. The summed E-state index contributed by atoms with van der Waals surface area (Å²) in [6, 6.07) is 0. The summed E-state index contributed by atoms with van der Waals surface area (Å²) in [5.74, 6) is 0. The second-order valence-electron chi connectivity index (χ2n) is 4.05. The maximum atomic E-state index is 10.5. The SMILES string of the molecule is C[NH+]1N=C(C(C)(C)C)C=C1C=O.[Cl-]. The molecule has 0 spiro atoms. The van der Waals surface area contributed by atoms with Gasteiger partial charge in [-0.15, -0.1) is 0 Å². The van der Waals surface area contributed by atoms with E-state index in [1.165, 1.54) is 0 Å². The van der Waals surface area contributed by atoms with E-state index in [0.717, 1.165) is 17.0 Å². The van der Waals surface area contributed by atoms with Gasteiger partial charge in [0.15, 0.2) is 5.70 Å². The highest BCUT2D eigenvalue weighted by Gasteiger charge is 2.27. The number of allylic oxidation sites excluding steroid dienone is 2. The molecule has 0 aliphatic carbocycles. The van der Waals surface area contributed by atoms with Crippen molar-refractivity contribution in [3.05, 3.63) is 11.8 Å². The van der Waals surface area contributed by atoms with Crippen LogP contribution in [0.4, 0.5) is 0 Å². The van der Waals surface area contributed by atoms with E-state index in [9.17, 15) is 4.79 Å². The third kappa shape index (κ3) is 2.64. The molecule has 1 rings (SSSR count). The minimum atomic E-state index is 0. The van der Waals surface area contributed by atoms with Crippen LogP contribution in [-0.2, 0) is 4.79 Å². The molecular formula is C9H15ClN2O. The molecule has 1 atom stereocenters. The van der Waals surface area contributed by atoms with Gasteiger partial charge in [-0.05, 0) is 0 Å². The van der Waals surface area contributed by atoms with E-state index in [2.05, 4.69) is 25.9 Å². The van der Waals surface area contributed by atoms with Crippen LogP contribution >= 0.6 is 0 Å². The molecule has 1 aliphatic heterocycles. The minimum absolute atomic E-state index is 0. The summed E-state index contributed by atoms with van der Waals surface area (Å²) in [6.07, 6.45) is 2.72. The fourth-order valence-electron chi connectivity index (χ4n) is 1.03. The van der Waals surface area contributed by atoms with E-state index in [1.807, 2.05) is 13.1 Å². The lowest BCUT2D eigenvalue weighted by molar-refractivity contribution is -0.838. The number of carbonyl (C=O) groups excluding carboxylic acids is 1. The lowest BCUT2D eigenvalue weighted by Crippen LogP contribution is -3.01. The first-order valence-electron chi connectivity index (χ1n) is 4.05. The Morgan fingerprint density at radius 3 is 2.23 bits per heavy atom. The summed E-state index contributed by atoms with van der Waals surface area (Å²) >= 11 is 0.